The lowest BCUT2D eigenvalue weighted by molar-refractivity contribution is -0.892. The van der Waals surface area contributed by atoms with Crippen LogP contribution in [-0.2, 0) is 17.6 Å². The molecule has 1 amide bonds. The number of nitriles is 1. The summed E-state index contributed by atoms with van der Waals surface area (Å²) in [4.78, 5) is 21.9. The van der Waals surface area contributed by atoms with Crippen LogP contribution in [0.5, 0.6) is 0 Å². The van der Waals surface area contributed by atoms with E-state index in [1.807, 2.05) is 11.0 Å². The van der Waals surface area contributed by atoms with Crippen LogP contribution >= 0.6 is 0 Å². The molecule has 3 heterocycles. The first kappa shape index (κ1) is 20.0. The highest BCUT2D eigenvalue weighted by Crippen LogP contribution is 2.34. The van der Waals surface area contributed by atoms with E-state index in [1.54, 1.807) is 0 Å². The molecule has 0 bridgehead atoms. The van der Waals surface area contributed by atoms with E-state index in [0.717, 1.165) is 82.8 Å². The molecule has 160 valence electrons. The summed E-state index contributed by atoms with van der Waals surface area (Å²) in [5, 5.41) is 10.0. The lowest BCUT2D eigenvalue weighted by Crippen LogP contribution is -3.16. The topological polar surface area (TPSA) is 65.9 Å². The monoisotopic (exact) mass is 417 g/mol. The molecule has 2 N–H and O–H groups in total. The molecule has 1 aliphatic carbocycles. The molecule has 5 rings (SSSR count). The quantitative estimate of drug-likeness (QED) is 0.802. The number of quaternary nitrogens is 1. The molecule has 0 atom stereocenters. The molecule has 0 unspecified atom stereocenters. The number of rotatable bonds is 4. The summed E-state index contributed by atoms with van der Waals surface area (Å²) < 4.78 is 0. The number of likely N-dealkylation sites (tertiary alicyclic amines) is 1. The Morgan fingerprint density at radius 1 is 1.00 bits per heavy atom. The number of aromatic nitrogens is 1. The Morgan fingerprint density at radius 3 is 2.42 bits per heavy atom. The molecule has 0 spiro atoms. The summed E-state index contributed by atoms with van der Waals surface area (Å²) in [5.41, 5.74) is 5.72. The summed E-state index contributed by atoms with van der Waals surface area (Å²) in [7, 11) is 0. The third-order valence-electron chi connectivity index (χ3n) is 7.12. The van der Waals surface area contributed by atoms with Gasteiger partial charge in [0.25, 0.3) is 11.7 Å². The number of piperazine rings is 1. The van der Waals surface area contributed by atoms with Crippen molar-refractivity contribution in [1.82, 2.24) is 4.90 Å². The minimum absolute atomic E-state index is 0.300. The van der Waals surface area contributed by atoms with Gasteiger partial charge in [-0.05, 0) is 37.7 Å². The summed E-state index contributed by atoms with van der Waals surface area (Å²) in [5.74, 6) is 1.26. The van der Waals surface area contributed by atoms with Crippen LogP contribution in [0.3, 0.4) is 0 Å². The van der Waals surface area contributed by atoms with Crippen molar-refractivity contribution in [2.24, 2.45) is 0 Å². The average Bonchev–Trinajstić information content (AvgIpc) is 3.52. The fourth-order valence-corrected chi connectivity index (χ4v) is 5.42. The number of nitrogens with one attached hydrogen (secondary N) is 2. The predicted molar refractivity (Wildman–Crippen MR) is 119 cm³/mol. The molecule has 6 heteroatoms. The van der Waals surface area contributed by atoms with Crippen LogP contribution in [-0.4, -0.2) is 56.6 Å². The van der Waals surface area contributed by atoms with Gasteiger partial charge in [0.05, 0.1) is 0 Å². The summed E-state index contributed by atoms with van der Waals surface area (Å²) in [6.45, 7) is 6.03. The maximum absolute atomic E-state index is 12.5. The van der Waals surface area contributed by atoms with Gasteiger partial charge in [0, 0.05) is 24.2 Å². The molecule has 2 fully saturated rings. The van der Waals surface area contributed by atoms with E-state index in [0.29, 0.717) is 12.5 Å². The molecule has 2 saturated heterocycles. The van der Waals surface area contributed by atoms with Crippen LogP contribution in [0.4, 0.5) is 5.82 Å². The molecule has 2 aliphatic heterocycles. The van der Waals surface area contributed by atoms with Gasteiger partial charge in [0.2, 0.25) is 0 Å². The molecule has 1 aromatic carbocycles. The third kappa shape index (κ3) is 3.90. The Hall–Kier alpha value is -2.91. The van der Waals surface area contributed by atoms with Gasteiger partial charge in [-0.25, -0.2) is 9.88 Å². The van der Waals surface area contributed by atoms with Gasteiger partial charge in [-0.1, -0.05) is 30.3 Å². The number of nitrogens with zero attached hydrogens (tertiary/aromatic N) is 3. The highest BCUT2D eigenvalue weighted by Gasteiger charge is 2.35. The number of aromatic amines is 1. The van der Waals surface area contributed by atoms with Gasteiger partial charge in [0.15, 0.2) is 6.54 Å². The van der Waals surface area contributed by atoms with Gasteiger partial charge in [0.1, 0.15) is 43.5 Å². The lowest BCUT2D eigenvalue weighted by atomic mass is 9.98. The number of carbonyl (C=O) groups is 1. The Labute approximate surface area is 184 Å². The van der Waals surface area contributed by atoms with E-state index in [1.165, 1.54) is 27.3 Å². The van der Waals surface area contributed by atoms with Crippen molar-refractivity contribution in [2.75, 3.05) is 50.7 Å². The first-order chi connectivity index (χ1) is 15.2. The molecule has 2 aromatic rings. The summed E-state index contributed by atoms with van der Waals surface area (Å²) in [6, 6.07) is 13.0. The second-order valence-electron chi connectivity index (χ2n) is 9.01. The number of fused-ring (bicyclic) bond motifs is 1. The summed E-state index contributed by atoms with van der Waals surface area (Å²) >= 11 is 0. The minimum atomic E-state index is 0.300. The molecule has 3 aliphatic rings. The van der Waals surface area contributed by atoms with E-state index < -0.39 is 0 Å². The molecular formula is C25H31N5O+2. The lowest BCUT2D eigenvalue weighted by Gasteiger charge is -2.29. The third-order valence-corrected chi connectivity index (χ3v) is 7.12. The van der Waals surface area contributed by atoms with Crippen molar-refractivity contribution >= 4 is 11.7 Å². The highest BCUT2D eigenvalue weighted by atomic mass is 16.2. The molecule has 0 saturated carbocycles. The number of pyridine rings is 1. The normalized spacial score (nSPS) is 18.8. The van der Waals surface area contributed by atoms with Crippen LogP contribution in [0, 0.1) is 11.3 Å². The van der Waals surface area contributed by atoms with E-state index in [9.17, 15) is 10.1 Å². The maximum Gasteiger partial charge on any atom is 0.293 e. The zero-order chi connectivity index (χ0) is 21.2. The number of hydrogen-bond donors (Lipinski definition) is 1. The SMILES string of the molecule is N#Cc1c(N2CC[NH+](CC(=O)N3CCCC3)CC2)[nH+]c(-c2ccccc2)c2c1CCC2. The van der Waals surface area contributed by atoms with Crippen LogP contribution in [0.15, 0.2) is 30.3 Å². The van der Waals surface area contributed by atoms with Gasteiger partial charge in [-0.15, -0.1) is 0 Å². The molecule has 1 aromatic heterocycles. The number of amides is 1. The van der Waals surface area contributed by atoms with Crippen molar-refractivity contribution in [1.29, 1.82) is 5.26 Å². The van der Waals surface area contributed by atoms with Gasteiger partial charge < -0.3 is 9.80 Å². The predicted octanol–water partition coefficient (Wildman–Crippen LogP) is 0.855. The number of anilines is 1. The first-order valence-corrected chi connectivity index (χ1v) is 11.7. The Bertz CT molecular complexity index is 999. The second kappa shape index (κ2) is 8.68. The maximum atomic E-state index is 12.5. The van der Waals surface area contributed by atoms with Crippen molar-refractivity contribution in [2.45, 2.75) is 32.1 Å². The van der Waals surface area contributed by atoms with Crippen LogP contribution in [0.25, 0.3) is 11.3 Å². The zero-order valence-electron chi connectivity index (χ0n) is 18.1. The van der Waals surface area contributed by atoms with Crippen molar-refractivity contribution in [3.63, 3.8) is 0 Å². The van der Waals surface area contributed by atoms with E-state index in [2.05, 4.69) is 40.2 Å². The van der Waals surface area contributed by atoms with Crippen molar-refractivity contribution < 1.29 is 14.7 Å². The van der Waals surface area contributed by atoms with Crippen LogP contribution in [0.1, 0.15) is 36.0 Å². The van der Waals surface area contributed by atoms with E-state index >= 15 is 0 Å². The Morgan fingerprint density at radius 2 is 1.71 bits per heavy atom. The van der Waals surface area contributed by atoms with Gasteiger partial charge in [-0.3, -0.25) is 4.79 Å². The number of carbonyl (C=O) groups excluding carboxylic acids is 1. The number of benzene rings is 1. The molecule has 31 heavy (non-hydrogen) atoms. The molecule has 0 radical (unpaired) electrons. The number of hydrogen-bond acceptors (Lipinski definition) is 3. The first-order valence-electron chi connectivity index (χ1n) is 11.7. The average molecular weight is 418 g/mol. The standard InChI is InChI=1S/C25H29N5O/c26-17-22-20-9-6-10-21(20)24(19-7-2-1-3-8-19)27-25(22)30-15-13-28(14-16-30)18-23(31)29-11-4-5-12-29/h1-3,7-8H,4-6,9-16,18H2/p+2. The van der Waals surface area contributed by atoms with Crippen LogP contribution < -0.4 is 14.8 Å². The summed E-state index contributed by atoms with van der Waals surface area (Å²) in [6.07, 6.45) is 5.40. The Kier molecular flexibility index (Phi) is 5.61. The largest absolute Gasteiger partial charge is 0.338 e. The fraction of sp³-hybridized carbons (Fsp3) is 0.480. The van der Waals surface area contributed by atoms with Crippen molar-refractivity contribution in [3.8, 4) is 17.3 Å². The van der Waals surface area contributed by atoms with Gasteiger partial charge >= 0.3 is 0 Å². The zero-order valence-corrected chi connectivity index (χ0v) is 18.1. The second-order valence-corrected chi connectivity index (χ2v) is 9.01. The number of H-pyrrole nitrogens is 1. The smallest absolute Gasteiger partial charge is 0.293 e. The highest BCUT2D eigenvalue weighted by molar-refractivity contribution is 5.77. The Balaban J connectivity index is 1.37. The molecule has 6 nitrogen and oxygen atoms in total. The minimum Gasteiger partial charge on any atom is -0.338 e. The van der Waals surface area contributed by atoms with Crippen molar-refractivity contribution in [3.05, 3.63) is 47.0 Å². The van der Waals surface area contributed by atoms with Crippen LogP contribution in [0.2, 0.25) is 0 Å². The van der Waals surface area contributed by atoms with Gasteiger partial charge in [-0.2, -0.15) is 5.26 Å². The molecular weight excluding hydrogens is 386 g/mol. The van der Waals surface area contributed by atoms with E-state index in [-0.39, 0.29) is 0 Å². The fourth-order valence-electron chi connectivity index (χ4n) is 5.42. The van der Waals surface area contributed by atoms with E-state index in [4.69, 9.17) is 0 Å².